The van der Waals surface area contributed by atoms with Crippen LogP contribution in [0.3, 0.4) is 0 Å². The summed E-state index contributed by atoms with van der Waals surface area (Å²) in [5, 5.41) is 2.99. The average Bonchev–Trinajstić information content (AvgIpc) is 3.39. The first kappa shape index (κ1) is 28.8. The molecule has 8 rings (SSSR count). The molecule has 47 heavy (non-hydrogen) atoms. The molecule has 0 amide bonds. The van der Waals surface area contributed by atoms with Crippen LogP contribution in [-0.4, -0.2) is 18.0 Å². The van der Waals surface area contributed by atoms with E-state index in [4.69, 9.17) is 9.97 Å². The summed E-state index contributed by atoms with van der Waals surface area (Å²) in [6, 6.07) is 60.5. The second-order valence-corrected chi connectivity index (χ2v) is 16.9. The van der Waals surface area contributed by atoms with Crippen molar-refractivity contribution in [3.63, 3.8) is 0 Å². The lowest BCUT2D eigenvalue weighted by Crippen LogP contribution is -2.42. The van der Waals surface area contributed by atoms with Crippen LogP contribution in [0.5, 0.6) is 0 Å². The quantitative estimate of drug-likeness (QED) is 0.173. The third kappa shape index (κ3) is 5.25. The van der Waals surface area contributed by atoms with Crippen LogP contribution in [0.4, 0.5) is 0 Å². The van der Waals surface area contributed by atoms with Gasteiger partial charge in [0, 0.05) is 16.7 Å². The highest BCUT2D eigenvalue weighted by Gasteiger charge is 2.42. The van der Waals surface area contributed by atoms with Crippen molar-refractivity contribution in [3.05, 3.63) is 187 Å². The van der Waals surface area contributed by atoms with Gasteiger partial charge in [-0.25, -0.2) is 9.97 Å². The summed E-state index contributed by atoms with van der Waals surface area (Å²) in [5.74, 6) is 0.728. The van der Waals surface area contributed by atoms with E-state index in [-0.39, 0.29) is 0 Å². The highest BCUT2D eigenvalue weighted by atomic mass is 28.3. The van der Waals surface area contributed by atoms with Gasteiger partial charge >= 0.3 is 0 Å². The van der Waals surface area contributed by atoms with Crippen LogP contribution in [0.15, 0.2) is 170 Å². The van der Waals surface area contributed by atoms with Crippen molar-refractivity contribution in [1.82, 2.24) is 9.97 Å². The minimum Gasteiger partial charge on any atom is -0.228 e. The fourth-order valence-electron chi connectivity index (χ4n) is 7.18. The van der Waals surface area contributed by atoms with Crippen LogP contribution in [0.2, 0.25) is 13.1 Å². The molecule has 0 bridgehead atoms. The third-order valence-electron chi connectivity index (χ3n) is 9.26. The molecule has 0 spiro atoms. The Balaban J connectivity index is 1.30. The lowest BCUT2D eigenvalue weighted by Gasteiger charge is -2.25. The largest absolute Gasteiger partial charge is 0.228 e. The maximum Gasteiger partial charge on any atom is 0.160 e. The third-order valence-corrected chi connectivity index (χ3v) is 12.8. The van der Waals surface area contributed by atoms with Gasteiger partial charge in [-0.1, -0.05) is 171 Å². The van der Waals surface area contributed by atoms with Crippen molar-refractivity contribution in [2.24, 2.45) is 0 Å². The Morgan fingerprint density at radius 3 is 1.49 bits per heavy atom. The fourth-order valence-corrected chi connectivity index (χ4v) is 11.0. The molecule has 0 N–H and O–H groups in total. The molecule has 0 radical (unpaired) electrons. The van der Waals surface area contributed by atoms with Gasteiger partial charge < -0.3 is 0 Å². The number of aromatic nitrogens is 2. The van der Waals surface area contributed by atoms with Crippen LogP contribution in [0.1, 0.15) is 16.7 Å². The fraction of sp³-hybridized carbons (Fsp3) is 0.0455. The number of benzene rings is 6. The summed E-state index contributed by atoms with van der Waals surface area (Å²) < 4.78 is 0. The topological polar surface area (TPSA) is 25.8 Å². The summed E-state index contributed by atoms with van der Waals surface area (Å²) in [7, 11) is -2.15. The molecule has 224 valence electrons. The first-order chi connectivity index (χ1) is 23.1. The molecule has 0 saturated carbocycles. The summed E-state index contributed by atoms with van der Waals surface area (Å²) in [6.07, 6.45) is 0. The molecule has 0 unspecified atom stereocenters. The normalized spacial score (nSPS) is 13.4. The Labute approximate surface area is 277 Å². The maximum absolute atomic E-state index is 5.13. The van der Waals surface area contributed by atoms with Crippen LogP contribution < -0.4 is 5.19 Å². The summed E-state index contributed by atoms with van der Waals surface area (Å²) in [6.45, 7) is 5.03. The van der Waals surface area contributed by atoms with Gasteiger partial charge in [0.15, 0.2) is 5.82 Å². The van der Waals surface area contributed by atoms with Crippen molar-refractivity contribution in [1.29, 1.82) is 0 Å². The van der Waals surface area contributed by atoms with Gasteiger partial charge in [-0.05, 0) is 55.9 Å². The maximum atomic E-state index is 5.13. The van der Waals surface area contributed by atoms with E-state index < -0.39 is 8.07 Å². The molecule has 0 atom stereocenters. The molecular weight excluding hydrogens is 585 g/mol. The summed E-state index contributed by atoms with van der Waals surface area (Å²) in [4.78, 5) is 10.1. The van der Waals surface area contributed by atoms with E-state index in [1.165, 1.54) is 43.8 Å². The number of fused-ring (bicyclic) bond motifs is 1. The highest BCUT2D eigenvalue weighted by molar-refractivity contribution is 7.08. The number of rotatable bonds is 6. The first-order valence-corrected chi connectivity index (χ1v) is 19.2. The molecule has 7 aromatic rings. The second-order valence-electron chi connectivity index (χ2n) is 12.6. The lowest BCUT2D eigenvalue weighted by atomic mass is 9.92. The van der Waals surface area contributed by atoms with Crippen molar-refractivity contribution >= 4 is 24.0 Å². The van der Waals surface area contributed by atoms with Crippen molar-refractivity contribution in [2.45, 2.75) is 13.1 Å². The van der Waals surface area contributed by atoms with Gasteiger partial charge in [-0.15, -0.1) is 0 Å². The lowest BCUT2D eigenvalue weighted by molar-refractivity contribution is 1.18. The number of hydrogen-bond donors (Lipinski definition) is 0. The molecule has 3 heteroatoms. The molecule has 0 saturated heterocycles. The van der Waals surface area contributed by atoms with Gasteiger partial charge in [0.25, 0.3) is 0 Å². The van der Waals surface area contributed by atoms with Gasteiger partial charge in [0.05, 0.1) is 11.4 Å². The monoisotopic (exact) mass is 618 g/mol. The number of nitrogens with zero attached hydrogens (tertiary/aromatic N) is 2. The molecule has 2 heterocycles. The standard InChI is InChI=1S/C44H34N2Si/c1-47(2)42(33-21-11-5-12-22-33)41(32-19-9-4-10-20-32)38-28-16-27-37(43(38)47)35-25-15-26-36(29-35)40-30-39(31-17-7-3-8-18-31)45-44(46-40)34-23-13-6-14-24-34/h3-30H,1-2H3. The minimum absolute atomic E-state index is 0.728. The predicted molar refractivity (Wildman–Crippen MR) is 200 cm³/mol. The van der Waals surface area contributed by atoms with Gasteiger partial charge in [0.2, 0.25) is 0 Å². The molecule has 0 fully saturated rings. The zero-order chi connectivity index (χ0) is 31.8. The number of hydrogen-bond acceptors (Lipinski definition) is 2. The van der Waals surface area contributed by atoms with Gasteiger partial charge in [-0.3, -0.25) is 0 Å². The zero-order valence-electron chi connectivity index (χ0n) is 26.6. The molecule has 1 aromatic heterocycles. The molecule has 6 aromatic carbocycles. The predicted octanol–water partition coefficient (Wildman–Crippen LogP) is 10.6. The van der Waals surface area contributed by atoms with E-state index in [1.54, 1.807) is 0 Å². The minimum atomic E-state index is -2.15. The van der Waals surface area contributed by atoms with Gasteiger partial charge in [0.1, 0.15) is 8.07 Å². The van der Waals surface area contributed by atoms with E-state index >= 15 is 0 Å². The summed E-state index contributed by atoms with van der Waals surface area (Å²) >= 11 is 0. The van der Waals surface area contributed by atoms with Crippen molar-refractivity contribution in [2.75, 3.05) is 0 Å². The Bertz CT molecular complexity index is 2180. The Hall–Kier alpha value is -5.64. The average molecular weight is 619 g/mol. The first-order valence-electron chi connectivity index (χ1n) is 16.2. The molecular formula is C44H34N2Si. The smallest absolute Gasteiger partial charge is 0.160 e. The van der Waals surface area contributed by atoms with E-state index in [0.717, 1.165) is 33.9 Å². The summed E-state index contributed by atoms with van der Waals surface area (Å²) in [5.41, 5.74) is 12.8. The van der Waals surface area contributed by atoms with E-state index in [2.05, 4.69) is 159 Å². The highest BCUT2D eigenvalue weighted by Crippen LogP contribution is 2.45. The Morgan fingerprint density at radius 2 is 0.851 bits per heavy atom. The van der Waals surface area contributed by atoms with E-state index in [1.807, 2.05) is 24.3 Å². The van der Waals surface area contributed by atoms with Crippen molar-refractivity contribution < 1.29 is 0 Å². The Kier molecular flexibility index (Phi) is 7.32. The van der Waals surface area contributed by atoms with E-state index in [9.17, 15) is 0 Å². The molecule has 0 aliphatic carbocycles. The SMILES string of the molecule is C[Si]1(C)C(c2ccccc2)=C(c2ccccc2)c2cccc(-c3cccc(-c4cc(-c5ccccc5)nc(-c5ccccc5)n4)c3)c21. The molecule has 2 nitrogen and oxygen atoms in total. The molecule has 1 aliphatic rings. The van der Waals surface area contributed by atoms with Crippen LogP contribution in [0.25, 0.3) is 55.8 Å². The van der Waals surface area contributed by atoms with Crippen molar-refractivity contribution in [3.8, 4) is 45.0 Å². The molecule has 1 aliphatic heterocycles. The Morgan fingerprint density at radius 1 is 0.383 bits per heavy atom. The van der Waals surface area contributed by atoms with E-state index in [0.29, 0.717) is 0 Å². The zero-order valence-corrected chi connectivity index (χ0v) is 27.6. The van der Waals surface area contributed by atoms with Crippen LogP contribution in [0, 0.1) is 0 Å². The van der Waals surface area contributed by atoms with Crippen LogP contribution >= 0.6 is 0 Å². The second kappa shape index (κ2) is 11.9. The van der Waals surface area contributed by atoms with Crippen LogP contribution in [-0.2, 0) is 0 Å². The van der Waals surface area contributed by atoms with Gasteiger partial charge in [-0.2, -0.15) is 0 Å².